The summed E-state index contributed by atoms with van der Waals surface area (Å²) in [4.78, 5) is 74.8. The zero-order valence-electron chi connectivity index (χ0n) is 23.1. The van der Waals surface area contributed by atoms with E-state index in [1.807, 2.05) is 0 Å². The van der Waals surface area contributed by atoms with E-state index < -0.39 is 89.3 Å². The molecule has 1 heterocycles. The molecule has 1 aliphatic rings. The highest BCUT2D eigenvalue weighted by Crippen LogP contribution is 2.44. The SMILES string of the molecule is C[Si]1(CCCP(=O)(O)O)O[Si](C)(CCCP(=O)(O)O)O[Si](C)(CCCP(=O)(O)O)O[Si](C)(CCCP(=O)(O)O)O1. The summed E-state index contributed by atoms with van der Waals surface area (Å²) >= 11 is 0. The lowest BCUT2D eigenvalue weighted by Crippen LogP contribution is -2.67. The van der Waals surface area contributed by atoms with Crippen molar-refractivity contribution in [2.45, 2.75) is 76.0 Å². The van der Waals surface area contributed by atoms with Crippen LogP contribution in [0.15, 0.2) is 0 Å². The van der Waals surface area contributed by atoms with E-state index in [9.17, 15) is 57.4 Å². The molecule has 1 aliphatic heterocycles. The summed E-state index contributed by atoms with van der Waals surface area (Å²) in [5, 5.41) is 0. The van der Waals surface area contributed by atoms with Gasteiger partial charge >= 0.3 is 64.6 Å². The second kappa shape index (κ2) is 14.6. The normalized spacial score (nSPS) is 31.1. The van der Waals surface area contributed by atoms with Crippen LogP contribution < -0.4 is 0 Å². The van der Waals surface area contributed by atoms with Gasteiger partial charge < -0.3 is 55.6 Å². The zero-order valence-corrected chi connectivity index (χ0v) is 30.7. The Morgan fingerprint density at radius 1 is 0.400 bits per heavy atom. The lowest BCUT2D eigenvalue weighted by molar-refractivity contribution is 0.221. The molecule has 0 bridgehead atoms. The highest BCUT2D eigenvalue weighted by molar-refractivity contribution is 7.52. The topological polar surface area (TPSA) is 267 Å². The zero-order chi connectivity index (χ0) is 31.3. The van der Waals surface area contributed by atoms with E-state index in [1.165, 1.54) is 0 Å². The first-order chi connectivity index (χ1) is 17.7. The smallest absolute Gasteiger partial charge is 0.325 e. The molecule has 24 heteroatoms. The van der Waals surface area contributed by atoms with Crippen LogP contribution in [-0.4, -0.2) is 98.0 Å². The van der Waals surface area contributed by atoms with Crippen LogP contribution in [0, 0.1) is 0 Å². The second-order valence-corrected chi connectivity index (χ2v) is 32.4. The van der Waals surface area contributed by atoms with Crippen molar-refractivity contribution < 1.29 is 73.9 Å². The minimum atomic E-state index is -4.33. The van der Waals surface area contributed by atoms with E-state index >= 15 is 0 Å². The maximum absolute atomic E-state index is 11.5. The molecule has 0 saturated carbocycles. The van der Waals surface area contributed by atoms with Gasteiger partial charge in [0.15, 0.2) is 0 Å². The molecule has 16 nitrogen and oxygen atoms in total. The predicted molar refractivity (Wildman–Crippen MR) is 156 cm³/mol. The fourth-order valence-corrected chi connectivity index (χ4v) is 31.5. The Bertz CT molecular complexity index is 856. The highest BCUT2D eigenvalue weighted by Gasteiger charge is 2.56. The maximum atomic E-state index is 11.5. The molecule has 0 aliphatic carbocycles. The molecule has 0 spiro atoms. The van der Waals surface area contributed by atoms with E-state index in [1.54, 1.807) is 26.2 Å². The van der Waals surface area contributed by atoms with Crippen LogP contribution in [0.4, 0.5) is 0 Å². The Labute approximate surface area is 238 Å². The Kier molecular flexibility index (Phi) is 14.4. The van der Waals surface area contributed by atoms with Crippen molar-refractivity contribution in [3.63, 3.8) is 0 Å². The molecule has 1 rings (SSSR count). The van der Waals surface area contributed by atoms with E-state index in [-0.39, 0.29) is 49.9 Å². The number of hydrogen-bond acceptors (Lipinski definition) is 8. The molecular formula is C16H44O16P4Si4. The summed E-state index contributed by atoms with van der Waals surface area (Å²) in [7, 11) is -30.8. The molecule has 0 aromatic heterocycles. The first kappa shape index (κ1) is 39.3. The summed E-state index contributed by atoms with van der Waals surface area (Å²) < 4.78 is 72.3. The van der Waals surface area contributed by atoms with E-state index in [4.69, 9.17) is 16.5 Å². The minimum Gasteiger partial charge on any atom is -0.416 e. The summed E-state index contributed by atoms with van der Waals surface area (Å²) in [6.45, 7) is 6.72. The lowest BCUT2D eigenvalue weighted by atomic mass is 10.6. The third kappa shape index (κ3) is 17.6. The molecule has 0 aromatic rings. The minimum absolute atomic E-state index is 0.0455. The Hall–Kier alpha value is 1.31. The van der Waals surface area contributed by atoms with Crippen molar-refractivity contribution in [1.29, 1.82) is 0 Å². The summed E-state index contributed by atoms with van der Waals surface area (Å²) in [6.07, 6.45) is -1.52. The molecule has 0 amide bonds. The quantitative estimate of drug-likeness (QED) is 0.0838. The van der Waals surface area contributed by atoms with Gasteiger partial charge in [-0.1, -0.05) is 0 Å². The van der Waals surface area contributed by atoms with Gasteiger partial charge in [-0.3, -0.25) is 18.3 Å². The molecule has 0 atom stereocenters. The van der Waals surface area contributed by atoms with Crippen molar-refractivity contribution >= 4 is 64.6 Å². The summed E-state index contributed by atoms with van der Waals surface area (Å²) in [5.74, 6) is 0. The average molecular weight is 729 g/mol. The van der Waals surface area contributed by atoms with Gasteiger partial charge in [-0.2, -0.15) is 0 Å². The first-order valence-corrected chi connectivity index (χ1v) is 29.9. The van der Waals surface area contributed by atoms with Crippen LogP contribution in [0.1, 0.15) is 25.7 Å². The van der Waals surface area contributed by atoms with Crippen LogP contribution in [0.5, 0.6) is 0 Å². The van der Waals surface area contributed by atoms with Crippen molar-refractivity contribution in [3.05, 3.63) is 0 Å². The molecule has 240 valence electrons. The fraction of sp³-hybridized carbons (Fsp3) is 1.00. The third-order valence-electron chi connectivity index (χ3n) is 6.05. The molecule has 1 saturated heterocycles. The summed E-state index contributed by atoms with van der Waals surface area (Å²) in [6, 6.07) is 0.514. The number of hydrogen-bond donors (Lipinski definition) is 8. The predicted octanol–water partition coefficient (Wildman–Crippen LogP) is 2.63. The van der Waals surface area contributed by atoms with Gasteiger partial charge in [-0.15, -0.1) is 0 Å². The Balaban J connectivity index is 3.42. The van der Waals surface area contributed by atoms with E-state index in [0.29, 0.717) is 0 Å². The van der Waals surface area contributed by atoms with Gasteiger partial charge in [0.2, 0.25) is 0 Å². The van der Waals surface area contributed by atoms with Crippen LogP contribution in [0.25, 0.3) is 0 Å². The number of rotatable bonds is 16. The van der Waals surface area contributed by atoms with Crippen molar-refractivity contribution in [1.82, 2.24) is 0 Å². The summed E-state index contributed by atoms with van der Waals surface area (Å²) in [5.41, 5.74) is 0. The van der Waals surface area contributed by atoms with Crippen molar-refractivity contribution in [2.24, 2.45) is 0 Å². The van der Waals surface area contributed by atoms with Gasteiger partial charge in [0.1, 0.15) is 0 Å². The van der Waals surface area contributed by atoms with Gasteiger partial charge in [0.25, 0.3) is 0 Å². The largest absolute Gasteiger partial charge is 0.416 e. The molecule has 0 aromatic carbocycles. The molecule has 8 N–H and O–H groups in total. The highest BCUT2D eigenvalue weighted by atomic mass is 31.2. The Morgan fingerprint density at radius 2 is 0.550 bits per heavy atom. The van der Waals surface area contributed by atoms with Crippen LogP contribution in [-0.2, 0) is 34.7 Å². The van der Waals surface area contributed by atoms with Crippen LogP contribution >= 0.6 is 30.4 Å². The average Bonchev–Trinajstić information content (AvgIpc) is 2.61. The molecule has 0 unspecified atom stereocenters. The lowest BCUT2D eigenvalue weighted by Gasteiger charge is -2.50. The van der Waals surface area contributed by atoms with Crippen LogP contribution in [0.3, 0.4) is 0 Å². The van der Waals surface area contributed by atoms with Gasteiger partial charge in [0, 0.05) is 24.6 Å². The molecular weight excluding hydrogens is 684 g/mol. The first-order valence-electron chi connectivity index (χ1n) is 12.6. The second-order valence-electron chi connectivity index (χ2n) is 10.9. The van der Waals surface area contributed by atoms with Crippen LogP contribution in [0.2, 0.25) is 50.4 Å². The monoisotopic (exact) mass is 728 g/mol. The van der Waals surface area contributed by atoms with Crippen molar-refractivity contribution in [2.75, 3.05) is 24.6 Å². The van der Waals surface area contributed by atoms with E-state index in [0.717, 1.165) is 0 Å². The third-order valence-corrected chi connectivity index (χ3v) is 28.5. The van der Waals surface area contributed by atoms with Gasteiger partial charge in [0.05, 0.1) is 0 Å². The van der Waals surface area contributed by atoms with Crippen molar-refractivity contribution in [3.8, 4) is 0 Å². The molecule has 0 radical (unpaired) electrons. The Morgan fingerprint density at radius 3 is 0.675 bits per heavy atom. The molecule has 1 fully saturated rings. The fourth-order valence-electron chi connectivity index (χ4n) is 4.74. The van der Waals surface area contributed by atoms with Gasteiger partial charge in [-0.25, -0.2) is 0 Å². The van der Waals surface area contributed by atoms with Gasteiger partial charge in [-0.05, 0) is 76.0 Å². The maximum Gasteiger partial charge on any atom is 0.325 e. The standard InChI is InChI=1S/C16H44O16P4Si4/c1-37(13-5-9-33(17,18)19)29-38(2,14-6-10-34(20,21)22)31-40(4,16-8-12-36(26,27)28)32-39(3,30-37)15-7-11-35(23,24)25/h5-16H2,1-4H3,(H2,17,18,19)(H2,20,21,22)(H2,23,24,25)(H2,26,27,28). The van der Waals surface area contributed by atoms with E-state index in [2.05, 4.69) is 0 Å². The molecule has 40 heavy (non-hydrogen) atoms.